The van der Waals surface area contributed by atoms with Gasteiger partial charge >= 0.3 is 6.03 Å². The summed E-state index contributed by atoms with van der Waals surface area (Å²) in [6.45, 7) is 1.81. The molecule has 0 aromatic rings. The van der Waals surface area contributed by atoms with Crippen LogP contribution in [0.1, 0.15) is 77.6 Å². The van der Waals surface area contributed by atoms with Crippen LogP contribution in [-0.4, -0.2) is 90.0 Å². The van der Waals surface area contributed by atoms with Gasteiger partial charge in [-0.2, -0.15) is 0 Å². The van der Waals surface area contributed by atoms with Gasteiger partial charge in [0.05, 0.1) is 18.4 Å². The maximum Gasteiger partial charge on any atom is 0.316 e. The summed E-state index contributed by atoms with van der Waals surface area (Å²) in [7, 11) is 0. The molecule has 15 heteroatoms. The number of nitrogens with zero attached hydrogens (tertiary/aromatic N) is 1. The average molecular weight is 594 g/mol. The maximum absolute atomic E-state index is 13.8. The molecule has 0 bridgehead atoms. The van der Waals surface area contributed by atoms with E-state index in [1.807, 2.05) is 0 Å². The number of Topliss-reactive ketones (excluding diaryl/α,β-unsaturated/α-hetero) is 2. The van der Waals surface area contributed by atoms with Gasteiger partial charge in [-0.15, -0.1) is 0 Å². The van der Waals surface area contributed by atoms with Crippen molar-refractivity contribution in [3.05, 3.63) is 0 Å². The van der Waals surface area contributed by atoms with Gasteiger partial charge in [0.15, 0.2) is 0 Å². The minimum atomic E-state index is -1.23. The molecule has 1 saturated carbocycles. The monoisotopic (exact) mass is 593 g/mol. The maximum atomic E-state index is 13.8. The van der Waals surface area contributed by atoms with Crippen molar-refractivity contribution in [2.75, 3.05) is 13.1 Å². The van der Waals surface area contributed by atoms with Crippen molar-refractivity contribution in [3.8, 4) is 0 Å². The normalized spacial score (nSPS) is 19.4. The first kappa shape index (κ1) is 34.8. The fraction of sp³-hybridized carbons (Fsp3) is 0.741. The molecule has 1 aliphatic carbocycles. The van der Waals surface area contributed by atoms with E-state index in [9.17, 15) is 28.8 Å². The van der Waals surface area contributed by atoms with Crippen molar-refractivity contribution in [3.63, 3.8) is 0 Å². The summed E-state index contributed by atoms with van der Waals surface area (Å²) in [6, 6.07) is -3.52. The minimum absolute atomic E-state index is 0.00676. The average Bonchev–Trinajstić information content (AvgIpc) is 3.43. The Balaban J connectivity index is 2.10. The molecule has 1 heterocycles. The lowest BCUT2D eigenvalue weighted by Crippen LogP contribution is -2.59. The van der Waals surface area contributed by atoms with Crippen LogP contribution in [0.2, 0.25) is 0 Å². The van der Waals surface area contributed by atoms with Crippen molar-refractivity contribution < 1.29 is 28.8 Å². The zero-order valence-corrected chi connectivity index (χ0v) is 24.4. The molecule has 236 valence electrons. The molecule has 1 saturated heterocycles. The summed E-state index contributed by atoms with van der Waals surface area (Å²) in [5.41, 5.74) is 16.4. The Kier molecular flexibility index (Phi) is 14.5. The van der Waals surface area contributed by atoms with Crippen LogP contribution in [0, 0.1) is 11.3 Å². The van der Waals surface area contributed by atoms with Crippen LogP contribution in [0.3, 0.4) is 0 Å². The predicted molar refractivity (Wildman–Crippen MR) is 155 cm³/mol. The van der Waals surface area contributed by atoms with E-state index in [0.717, 1.165) is 38.3 Å². The number of ketones is 2. The van der Waals surface area contributed by atoms with Gasteiger partial charge in [0.2, 0.25) is 17.6 Å². The van der Waals surface area contributed by atoms with Crippen LogP contribution >= 0.6 is 0 Å². The van der Waals surface area contributed by atoms with Crippen LogP contribution < -0.4 is 38.5 Å². The van der Waals surface area contributed by atoms with Crippen LogP contribution in [-0.2, 0) is 24.0 Å². The topological polar surface area (TPSA) is 256 Å². The van der Waals surface area contributed by atoms with Gasteiger partial charge in [-0.25, -0.2) is 4.79 Å². The molecule has 5 amide bonds. The quantitative estimate of drug-likeness (QED) is 0.0601. The van der Waals surface area contributed by atoms with E-state index < -0.39 is 54.1 Å². The first-order valence-corrected chi connectivity index (χ1v) is 14.7. The van der Waals surface area contributed by atoms with Crippen LogP contribution in [0.25, 0.3) is 0 Å². The van der Waals surface area contributed by atoms with Crippen LogP contribution in [0.4, 0.5) is 4.79 Å². The summed E-state index contributed by atoms with van der Waals surface area (Å²) in [5, 5.41) is 17.6. The number of hydrogen-bond acceptors (Lipinski definition) is 10. The zero-order chi connectivity index (χ0) is 31.2. The smallest absolute Gasteiger partial charge is 0.316 e. The summed E-state index contributed by atoms with van der Waals surface area (Å²) in [4.78, 5) is 78.4. The lowest BCUT2D eigenvalue weighted by Gasteiger charge is -2.35. The Hall–Kier alpha value is -3.43. The third-order valence-corrected chi connectivity index (χ3v) is 7.48. The van der Waals surface area contributed by atoms with E-state index in [-0.39, 0.29) is 49.8 Å². The number of rotatable bonds is 16. The molecule has 0 radical (unpaired) electrons. The number of hydrogen-bond donors (Lipinski definition) is 8. The Morgan fingerprint density at radius 2 is 1.64 bits per heavy atom. The number of nitrogens with two attached hydrogens (primary N) is 3. The minimum Gasteiger partial charge on any atom is -0.349 e. The largest absolute Gasteiger partial charge is 0.349 e. The van der Waals surface area contributed by atoms with Gasteiger partial charge in [-0.05, 0) is 57.6 Å². The molecular weight excluding hydrogens is 546 g/mol. The number of carbonyl (C=O) groups is 6. The highest BCUT2D eigenvalue weighted by molar-refractivity contribution is 6.38. The number of amides is 5. The first-order chi connectivity index (χ1) is 19.9. The molecule has 15 nitrogen and oxygen atoms in total. The molecule has 0 aromatic carbocycles. The van der Waals surface area contributed by atoms with E-state index >= 15 is 0 Å². The van der Waals surface area contributed by atoms with Crippen molar-refractivity contribution in [1.29, 1.82) is 5.41 Å². The molecule has 4 unspecified atom stereocenters. The molecule has 0 spiro atoms. The highest BCUT2D eigenvalue weighted by Crippen LogP contribution is 2.29. The second-order valence-corrected chi connectivity index (χ2v) is 11.1. The molecule has 1 aliphatic heterocycles. The van der Waals surface area contributed by atoms with Crippen molar-refractivity contribution in [1.82, 2.24) is 26.2 Å². The van der Waals surface area contributed by atoms with Crippen LogP contribution in [0.15, 0.2) is 0 Å². The highest BCUT2D eigenvalue weighted by Gasteiger charge is 2.41. The van der Waals surface area contributed by atoms with E-state index in [2.05, 4.69) is 21.3 Å². The van der Waals surface area contributed by atoms with E-state index in [1.54, 1.807) is 6.92 Å². The Labute approximate surface area is 246 Å². The summed E-state index contributed by atoms with van der Waals surface area (Å²) < 4.78 is 0. The molecule has 42 heavy (non-hydrogen) atoms. The molecule has 2 aliphatic rings. The van der Waals surface area contributed by atoms with Crippen molar-refractivity contribution >= 4 is 41.5 Å². The number of likely N-dealkylation sites (tertiary alicyclic amines) is 1. The zero-order valence-electron chi connectivity index (χ0n) is 24.4. The molecule has 2 fully saturated rings. The molecule has 0 aromatic heterocycles. The number of carbonyl (C=O) groups excluding carboxylic acids is 6. The summed E-state index contributed by atoms with van der Waals surface area (Å²) >= 11 is 0. The predicted octanol–water partition coefficient (Wildman–Crippen LogP) is -1.28. The van der Waals surface area contributed by atoms with E-state index in [1.165, 1.54) is 4.90 Å². The second kappa shape index (κ2) is 17.5. The molecular formula is C27H47N9O6. The number of nitrogens with one attached hydrogen (secondary N) is 5. The highest BCUT2D eigenvalue weighted by atomic mass is 16.2. The van der Waals surface area contributed by atoms with Crippen molar-refractivity contribution in [2.45, 2.75) is 108 Å². The number of urea groups is 1. The molecule has 11 N–H and O–H groups in total. The standard InChI is InChI=1S/C27H47N9O6/c1-16(29)33-27(42)35-22(17-7-3-2-4-8-17)26(41)36-14-6-10-20(36)24(39)34-19(9-5-12-28)23(38)25(40)32-13-11-18(37)15-21(30)31/h12,16-17,19-22,28H,2-11,13-15,29-31H2,1H3,(H,32,40)(H,34,39)(H2,33,35,42). The first-order valence-electron chi connectivity index (χ1n) is 14.7. The van der Waals surface area contributed by atoms with E-state index in [4.69, 9.17) is 22.6 Å². The molecule has 4 atom stereocenters. The van der Waals surface area contributed by atoms with Gasteiger partial charge in [0.25, 0.3) is 5.91 Å². The fourth-order valence-corrected chi connectivity index (χ4v) is 5.43. The summed E-state index contributed by atoms with van der Waals surface area (Å²) in [6.07, 6.45) is 5.01. The Morgan fingerprint density at radius 3 is 2.26 bits per heavy atom. The van der Waals surface area contributed by atoms with Crippen LogP contribution in [0.5, 0.6) is 0 Å². The second-order valence-electron chi connectivity index (χ2n) is 11.1. The third kappa shape index (κ3) is 11.1. The van der Waals surface area contributed by atoms with Gasteiger partial charge in [-0.1, -0.05) is 19.3 Å². The summed E-state index contributed by atoms with van der Waals surface area (Å²) in [5.74, 6) is -3.22. The van der Waals surface area contributed by atoms with Gasteiger partial charge in [0.1, 0.15) is 17.9 Å². The van der Waals surface area contributed by atoms with Gasteiger partial charge in [-0.3, -0.25) is 24.0 Å². The van der Waals surface area contributed by atoms with Gasteiger partial charge < -0.3 is 48.8 Å². The van der Waals surface area contributed by atoms with E-state index in [0.29, 0.717) is 19.4 Å². The van der Waals surface area contributed by atoms with Gasteiger partial charge in [0, 0.05) is 25.9 Å². The van der Waals surface area contributed by atoms with Crippen molar-refractivity contribution in [2.24, 2.45) is 23.1 Å². The molecule has 2 rings (SSSR count). The third-order valence-electron chi connectivity index (χ3n) is 7.48. The lowest BCUT2D eigenvalue weighted by molar-refractivity contribution is -0.143. The fourth-order valence-electron chi connectivity index (χ4n) is 5.43. The lowest BCUT2D eigenvalue weighted by atomic mass is 9.83. The Morgan fingerprint density at radius 1 is 0.952 bits per heavy atom. The SMILES string of the molecule is CC(N)NC(=O)NC(C(=O)N1CCCC1C(=O)NC(CCC=N)C(=O)C(=O)NCCC(=O)CC(N)N)C1CCCCC1. The Bertz CT molecular complexity index is 983.